The van der Waals surface area contributed by atoms with Crippen molar-refractivity contribution in [2.45, 2.75) is 44.9 Å². The standard InChI is InChI=1S/C20H28FN3O3/c1-14(16-5-7-17(21)8-6-16)22-19(25)15(2)23-9-11-24(12-10-23)20(26)18-4-3-13-27-18/h5-8,14-15,18H,3-4,9-13H2,1-2H3,(H,22,25). The minimum Gasteiger partial charge on any atom is -0.368 e. The van der Waals surface area contributed by atoms with Crippen LogP contribution in [0.4, 0.5) is 4.39 Å². The van der Waals surface area contributed by atoms with Gasteiger partial charge in [0.05, 0.1) is 12.1 Å². The first kappa shape index (κ1) is 19.8. The van der Waals surface area contributed by atoms with E-state index in [2.05, 4.69) is 10.2 Å². The molecule has 3 atom stereocenters. The molecule has 0 bridgehead atoms. The third-order valence-corrected chi connectivity index (χ3v) is 5.49. The molecule has 27 heavy (non-hydrogen) atoms. The molecule has 1 aromatic rings. The number of benzene rings is 1. The topological polar surface area (TPSA) is 61.9 Å². The summed E-state index contributed by atoms with van der Waals surface area (Å²) in [6.45, 7) is 6.99. The number of nitrogens with zero attached hydrogens (tertiary/aromatic N) is 2. The lowest BCUT2D eigenvalue weighted by Gasteiger charge is -2.38. The highest BCUT2D eigenvalue weighted by Crippen LogP contribution is 2.17. The summed E-state index contributed by atoms with van der Waals surface area (Å²) in [6.07, 6.45) is 1.47. The van der Waals surface area contributed by atoms with Crippen molar-refractivity contribution in [3.8, 4) is 0 Å². The molecule has 3 unspecified atom stereocenters. The zero-order valence-corrected chi connectivity index (χ0v) is 16.0. The fourth-order valence-corrected chi connectivity index (χ4v) is 3.64. The molecule has 2 saturated heterocycles. The number of rotatable bonds is 5. The van der Waals surface area contributed by atoms with E-state index < -0.39 is 0 Å². The fraction of sp³-hybridized carbons (Fsp3) is 0.600. The van der Waals surface area contributed by atoms with Crippen LogP contribution >= 0.6 is 0 Å². The van der Waals surface area contributed by atoms with Gasteiger partial charge in [0.15, 0.2) is 0 Å². The van der Waals surface area contributed by atoms with Gasteiger partial charge in [-0.15, -0.1) is 0 Å². The number of ether oxygens (including phenoxy) is 1. The summed E-state index contributed by atoms with van der Waals surface area (Å²) >= 11 is 0. The Labute approximate surface area is 159 Å². The summed E-state index contributed by atoms with van der Waals surface area (Å²) in [5, 5.41) is 2.99. The second-order valence-electron chi connectivity index (χ2n) is 7.32. The smallest absolute Gasteiger partial charge is 0.251 e. The van der Waals surface area contributed by atoms with Gasteiger partial charge in [0, 0.05) is 32.8 Å². The molecule has 0 saturated carbocycles. The van der Waals surface area contributed by atoms with E-state index in [0.717, 1.165) is 18.4 Å². The molecule has 1 aromatic carbocycles. The van der Waals surface area contributed by atoms with Crippen molar-refractivity contribution in [1.29, 1.82) is 0 Å². The predicted octanol–water partition coefficient (Wildman–Crippen LogP) is 1.71. The average molecular weight is 377 g/mol. The Balaban J connectivity index is 1.48. The Kier molecular flexibility index (Phi) is 6.44. The maximum absolute atomic E-state index is 13.0. The van der Waals surface area contributed by atoms with E-state index in [4.69, 9.17) is 4.74 Å². The van der Waals surface area contributed by atoms with Gasteiger partial charge in [0.25, 0.3) is 5.91 Å². The number of hydrogen-bond donors (Lipinski definition) is 1. The number of hydrogen-bond acceptors (Lipinski definition) is 4. The van der Waals surface area contributed by atoms with Crippen molar-refractivity contribution in [2.24, 2.45) is 0 Å². The first-order chi connectivity index (χ1) is 13.0. The van der Waals surface area contributed by atoms with E-state index in [-0.39, 0.29) is 35.8 Å². The second kappa shape index (κ2) is 8.80. The van der Waals surface area contributed by atoms with Gasteiger partial charge < -0.3 is 15.0 Å². The summed E-state index contributed by atoms with van der Waals surface area (Å²) in [5.41, 5.74) is 0.865. The van der Waals surface area contributed by atoms with E-state index >= 15 is 0 Å². The zero-order valence-electron chi connectivity index (χ0n) is 16.0. The monoisotopic (exact) mass is 377 g/mol. The Morgan fingerprint density at radius 2 is 1.81 bits per heavy atom. The fourth-order valence-electron chi connectivity index (χ4n) is 3.64. The molecule has 7 heteroatoms. The van der Waals surface area contributed by atoms with Gasteiger partial charge in [-0.1, -0.05) is 12.1 Å². The highest BCUT2D eigenvalue weighted by atomic mass is 19.1. The van der Waals surface area contributed by atoms with Crippen LogP contribution < -0.4 is 5.32 Å². The van der Waals surface area contributed by atoms with Crippen LogP contribution in [0.5, 0.6) is 0 Å². The molecule has 2 heterocycles. The van der Waals surface area contributed by atoms with E-state index in [1.165, 1.54) is 12.1 Å². The molecule has 2 fully saturated rings. The number of carbonyl (C=O) groups is 2. The van der Waals surface area contributed by atoms with Gasteiger partial charge in [-0.05, 0) is 44.4 Å². The van der Waals surface area contributed by atoms with Crippen molar-refractivity contribution < 1.29 is 18.7 Å². The normalized spacial score (nSPS) is 23.1. The van der Waals surface area contributed by atoms with Gasteiger partial charge >= 0.3 is 0 Å². The lowest BCUT2D eigenvalue weighted by atomic mass is 10.1. The third-order valence-electron chi connectivity index (χ3n) is 5.49. The molecule has 2 aliphatic heterocycles. The summed E-state index contributed by atoms with van der Waals surface area (Å²) in [7, 11) is 0. The third kappa shape index (κ3) is 4.84. The quantitative estimate of drug-likeness (QED) is 0.849. The molecule has 0 aromatic heterocycles. The molecule has 2 amide bonds. The molecule has 0 spiro atoms. The minimum atomic E-state index is -0.291. The summed E-state index contributed by atoms with van der Waals surface area (Å²) in [4.78, 5) is 28.9. The molecule has 0 aliphatic carbocycles. The zero-order chi connectivity index (χ0) is 19.4. The number of carbonyl (C=O) groups excluding carboxylic acids is 2. The average Bonchev–Trinajstić information content (AvgIpc) is 3.22. The van der Waals surface area contributed by atoms with E-state index in [9.17, 15) is 14.0 Å². The van der Waals surface area contributed by atoms with E-state index in [1.54, 1.807) is 12.1 Å². The van der Waals surface area contributed by atoms with Gasteiger partial charge in [-0.25, -0.2) is 4.39 Å². The van der Waals surface area contributed by atoms with Crippen molar-refractivity contribution >= 4 is 11.8 Å². The van der Waals surface area contributed by atoms with Crippen LogP contribution in [0.15, 0.2) is 24.3 Å². The maximum Gasteiger partial charge on any atom is 0.251 e. The number of nitrogens with one attached hydrogen (secondary N) is 1. The highest BCUT2D eigenvalue weighted by Gasteiger charge is 2.32. The Morgan fingerprint density at radius 1 is 1.15 bits per heavy atom. The van der Waals surface area contributed by atoms with E-state index in [0.29, 0.717) is 32.8 Å². The lowest BCUT2D eigenvalue weighted by molar-refractivity contribution is -0.143. The van der Waals surface area contributed by atoms with Crippen LogP contribution in [0.1, 0.15) is 38.3 Å². The van der Waals surface area contributed by atoms with Crippen LogP contribution in [-0.4, -0.2) is 66.5 Å². The van der Waals surface area contributed by atoms with Crippen LogP contribution in [0.3, 0.4) is 0 Å². The number of halogens is 1. The molecule has 0 radical (unpaired) electrons. The highest BCUT2D eigenvalue weighted by molar-refractivity contribution is 5.82. The van der Waals surface area contributed by atoms with Gasteiger partial charge in [0.1, 0.15) is 11.9 Å². The maximum atomic E-state index is 13.0. The second-order valence-corrected chi connectivity index (χ2v) is 7.32. The number of piperazine rings is 1. The van der Waals surface area contributed by atoms with Crippen molar-refractivity contribution in [1.82, 2.24) is 15.1 Å². The summed E-state index contributed by atoms with van der Waals surface area (Å²) in [5.74, 6) is -0.277. The SMILES string of the molecule is CC(NC(=O)C(C)N1CCN(C(=O)C2CCCO2)CC1)c1ccc(F)cc1. The van der Waals surface area contributed by atoms with E-state index in [1.807, 2.05) is 18.7 Å². The Bertz CT molecular complexity index is 653. The Hall–Kier alpha value is -1.99. The molecule has 2 aliphatic rings. The van der Waals surface area contributed by atoms with Gasteiger partial charge in [-0.2, -0.15) is 0 Å². The van der Waals surface area contributed by atoms with Crippen LogP contribution in [0.25, 0.3) is 0 Å². The first-order valence-electron chi connectivity index (χ1n) is 9.66. The van der Waals surface area contributed by atoms with Crippen LogP contribution in [0, 0.1) is 5.82 Å². The predicted molar refractivity (Wildman–Crippen MR) is 99.5 cm³/mol. The lowest BCUT2D eigenvalue weighted by Crippen LogP contribution is -2.56. The van der Waals surface area contributed by atoms with Crippen molar-refractivity contribution in [2.75, 3.05) is 32.8 Å². The number of amides is 2. The molecule has 6 nitrogen and oxygen atoms in total. The van der Waals surface area contributed by atoms with Crippen LogP contribution in [0.2, 0.25) is 0 Å². The van der Waals surface area contributed by atoms with Gasteiger partial charge in [0.2, 0.25) is 5.91 Å². The Morgan fingerprint density at radius 3 is 2.41 bits per heavy atom. The molecular formula is C20H28FN3O3. The van der Waals surface area contributed by atoms with Gasteiger partial charge in [-0.3, -0.25) is 14.5 Å². The van der Waals surface area contributed by atoms with Crippen LogP contribution in [-0.2, 0) is 14.3 Å². The van der Waals surface area contributed by atoms with Crippen molar-refractivity contribution in [3.05, 3.63) is 35.6 Å². The summed E-state index contributed by atoms with van der Waals surface area (Å²) in [6, 6.07) is 5.67. The van der Waals surface area contributed by atoms with Crippen molar-refractivity contribution in [3.63, 3.8) is 0 Å². The summed E-state index contributed by atoms with van der Waals surface area (Å²) < 4.78 is 18.5. The first-order valence-corrected chi connectivity index (χ1v) is 9.66. The molecule has 148 valence electrons. The molecule has 3 rings (SSSR count). The molecular weight excluding hydrogens is 349 g/mol. The minimum absolute atomic E-state index is 0.0641. The molecule has 1 N–H and O–H groups in total. The largest absolute Gasteiger partial charge is 0.368 e.